The third kappa shape index (κ3) is 3.27. The Hall–Kier alpha value is -2.07. The molecule has 0 saturated heterocycles. The monoisotopic (exact) mass is 271 g/mol. The summed E-state index contributed by atoms with van der Waals surface area (Å²) in [5, 5.41) is 0. The summed E-state index contributed by atoms with van der Waals surface area (Å²) in [6, 6.07) is 12.2. The van der Waals surface area contributed by atoms with Gasteiger partial charge < -0.3 is 15.4 Å². The van der Waals surface area contributed by atoms with Crippen LogP contribution in [0.1, 0.15) is 18.1 Å². The van der Waals surface area contributed by atoms with Gasteiger partial charge in [0.2, 0.25) is 0 Å². The van der Waals surface area contributed by atoms with E-state index in [1.807, 2.05) is 24.3 Å². The highest BCUT2D eigenvalue weighted by atomic mass is 16.5. The second-order valence-corrected chi connectivity index (χ2v) is 4.54. The van der Waals surface area contributed by atoms with E-state index in [4.69, 9.17) is 10.5 Å². The van der Waals surface area contributed by atoms with Crippen molar-refractivity contribution in [3.05, 3.63) is 53.7 Å². The number of anilines is 1. The third-order valence-corrected chi connectivity index (χ3v) is 3.36. The lowest BCUT2D eigenvalue weighted by Crippen LogP contribution is -2.24. The Morgan fingerprint density at radius 1 is 1.15 bits per heavy atom. The Bertz CT molecular complexity index is 540. The molecule has 4 heteroatoms. The summed E-state index contributed by atoms with van der Waals surface area (Å²) in [4.78, 5) is 6.66. The average molecular weight is 271 g/mol. The summed E-state index contributed by atoms with van der Waals surface area (Å²) in [6.07, 6.45) is 1.74. The number of pyridine rings is 1. The van der Waals surface area contributed by atoms with Crippen molar-refractivity contribution in [3.8, 4) is 5.75 Å². The molecule has 2 aromatic rings. The van der Waals surface area contributed by atoms with Crippen LogP contribution in [0, 0.1) is 0 Å². The smallest absolute Gasteiger partial charge is 0.137 e. The topological polar surface area (TPSA) is 51.4 Å². The van der Waals surface area contributed by atoms with Crippen LogP contribution in [0.2, 0.25) is 0 Å². The maximum absolute atomic E-state index is 5.79. The van der Waals surface area contributed by atoms with Crippen LogP contribution in [0.15, 0.2) is 42.6 Å². The molecule has 1 aromatic heterocycles. The molecule has 0 fully saturated rings. The lowest BCUT2D eigenvalue weighted by molar-refractivity contribution is 0.413. The Balaban J connectivity index is 2.19. The van der Waals surface area contributed by atoms with E-state index < -0.39 is 0 Å². The molecule has 2 rings (SSSR count). The van der Waals surface area contributed by atoms with Crippen LogP contribution in [-0.2, 0) is 13.1 Å². The average Bonchev–Trinajstić information content (AvgIpc) is 2.53. The van der Waals surface area contributed by atoms with Crippen LogP contribution >= 0.6 is 0 Å². The number of hydrogen-bond donors (Lipinski definition) is 1. The van der Waals surface area contributed by atoms with E-state index in [0.717, 1.165) is 24.7 Å². The Kier molecular flexibility index (Phi) is 4.96. The lowest BCUT2D eigenvalue weighted by Gasteiger charge is -2.23. The van der Waals surface area contributed by atoms with E-state index in [1.54, 1.807) is 13.3 Å². The quantitative estimate of drug-likeness (QED) is 0.877. The summed E-state index contributed by atoms with van der Waals surface area (Å²) >= 11 is 0. The van der Waals surface area contributed by atoms with Gasteiger partial charge in [-0.25, -0.2) is 4.98 Å². The molecule has 1 heterocycles. The number of rotatable bonds is 6. The summed E-state index contributed by atoms with van der Waals surface area (Å²) in [5.74, 6) is 1.72. The van der Waals surface area contributed by atoms with E-state index in [2.05, 4.69) is 28.9 Å². The number of methoxy groups -OCH3 is 1. The zero-order valence-electron chi connectivity index (χ0n) is 12.0. The molecule has 0 aliphatic carbocycles. The molecule has 0 amide bonds. The van der Waals surface area contributed by atoms with E-state index in [-0.39, 0.29) is 0 Å². The van der Waals surface area contributed by atoms with Crippen LogP contribution < -0.4 is 15.4 Å². The molecule has 20 heavy (non-hydrogen) atoms. The van der Waals surface area contributed by atoms with Crippen molar-refractivity contribution in [1.29, 1.82) is 0 Å². The molecule has 0 aliphatic rings. The molecule has 0 aliphatic heterocycles. The molecule has 0 unspecified atom stereocenters. The minimum atomic E-state index is 0.559. The number of nitrogens with two attached hydrogens (primary N) is 1. The van der Waals surface area contributed by atoms with Gasteiger partial charge in [-0.2, -0.15) is 0 Å². The largest absolute Gasteiger partial charge is 0.495 e. The summed E-state index contributed by atoms with van der Waals surface area (Å²) in [6.45, 7) is 4.38. The van der Waals surface area contributed by atoms with Crippen molar-refractivity contribution in [1.82, 2.24) is 4.98 Å². The van der Waals surface area contributed by atoms with Crippen molar-refractivity contribution in [3.63, 3.8) is 0 Å². The van der Waals surface area contributed by atoms with E-state index in [9.17, 15) is 0 Å². The summed E-state index contributed by atoms with van der Waals surface area (Å²) in [7, 11) is 1.64. The molecule has 4 nitrogen and oxygen atoms in total. The fourth-order valence-corrected chi connectivity index (χ4v) is 2.15. The highest BCUT2D eigenvalue weighted by Gasteiger charge is 2.09. The second kappa shape index (κ2) is 6.91. The first-order chi connectivity index (χ1) is 9.78. The lowest BCUT2D eigenvalue weighted by atomic mass is 10.1. The van der Waals surface area contributed by atoms with Crippen LogP contribution in [-0.4, -0.2) is 18.6 Å². The first-order valence-electron chi connectivity index (χ1n) is 6.80. The zero-order valence-corrected chi connectivity index (χ0v) is 12.0. The molecule has 0 radical (unpaired) electrons. The number of nitrogens with zero attached hydrogens (tertiary/aromatic N) is 2. The highest BCUT2D eigenvalue weighted by Crippen LogP contribution is 2.19. The van der Waals surface area contributed by atoms with Crippen LogP contribution in [0.25, 0.3) is 0 Å². The predicted octanol–water partition coefficient (Wildman–Crippen LogP) is 2.58. The fraction of sp³-hybridized carbons (Fsp3) is 0.312. The fourth-order valence-electron chi connectivity index (χ4n) is 2.15. The number of ether oxygens (including phenoxy) is 1. The first kappa shape index (κ1) is 14.3. The number of benzene rings is 1. The van der Waals surface area contributed by atoms with E-state index >= 15 is 0 Å². The second-order valence-electron chi connectivity index (χ2n) is 4.54. The van der Waals surface area contributed by atoms with Gasteiger partial charge in [-0.1, -0.05) is 24.3 Å². The molecule has 106 valence electrons. The molecule has 0 spiro atoms. The minimum Gasteiger partial charge on any atom is -0.495 e. The van der Waals surface area contributed by atoms with Gasteiger partial charge in [0.25, 0.3) is 0 Å². The predicted molar refractivity (Wildman–Crippen MR) is 81.8 cm³/mol. The Morgan fingerprint density at radius 3 is 2.45 bits per heavy atom. The molecule has 2 N–H and O–H groups in total. The van der Waals surface area contributed by atoms with Gasteiger partial charge in [0.05, 0.1) is 13.3 Å². The maximum atomic E-state index is 5.79. The molecule has 1 aromatic carbocycles. The summed E-state index contributed by atoms with van der Waals surface area (Å²) in [5.41, 5.74) is 8.22. The molecule has 0 atom stereocenters. The minimum absolute atomic E-state index is 0.559. The van der Waals surface area contributed by atoms with Crippen LogP contribution in [0.3, 0.4) is 0 Å². The first-order valence-corrected chi connectivity index (χ1v) is 6.80. The van der Waals surface area contributed by atoms with Gasteiger partial charge >= 0.3 is 0 Å². The van der Waals surface area contributed by atoms with E-state index in [0.29, 0.717) is 6.54 Å². The van der Waals surface area contributed by atoms with Gasteiger partial charge in [-0.3, -0.25) is 0 Å². The van der Waals surface area contributed by atoms with Crippen molar-refractivity contribution < 1.29 is 4.74 Å². The standard InChI is InChI=1S/C16H21N3O/c1-3-19(16-9-8-15(20-2)11-18-16)12-14-7-5-4-6-13(14)10-17/h4-9,11H,3,10,12,17H2,1-2H3. The van der Waals surface area contributed by atoms with Gasteiger partial charge in [-0.05, 0) is 30.2 Å². The highest BCUT2D eigenvalue weighted by molar-refractivity contribution is 5.42. The van der Waals surface area contributed by atoms with Crippen LogP contribution in [0.5, 0.6) is 5.75 Å². The van der Waals surface area contributed by atoms with Gasteiger partial charge in [0, 0.05) is 19.6 Å². The molecular weight excluding hydrogens is 250 g/mol. The zero-order chi connectivity index (χ0) is 14.4. The number of hydrogen-bond acceptors (Lipinski definition) is 4. The molecular formula is C16H21N3O. The Labute approximate surface area is 120 Å². The molecule has 0 bridgehead atoms. The maximum Gasteiger partial charge on any atom is 0.137 e. The molecule has 0 saturated carbocycles. The van der Waals surface area contributed by atoms with Crippen molar-refractivity contribution in [2.75, 3.05) is 18.6 Å². The van der Waals surface area contributed by atoms with Crippen molar-refractivity contribution >= 4 is 5.82 Å². The number of aromatic nitrogens is 1. The SMILES string of the molecule is CCN(Cc1ccccc1CN)c1ccc(OC)cn1. The van der Waals surface area contributed by atoms with Gasteiger partial charge in [0.15, 0.2) is 0 Å². The van der Waals surface area contributed by atoms with Crippen LogP contribution in [0.4, 0.5) is 5.82 Å². The van der Waals surface area contributed by atoms with Gasteiger partial charge in [0.1, 0.15) is 11.6 Å². The van der Waals surface area contributed by atoms with E-state index in [1.165, 1.54) is 11.1 Å². The van der Waals surface area contributed by atoms with Crippen molar-refractivity contribution in [2.24, 2.45) is 5.73 Å². The Morgan fingerprint density at radius 2 is 1.90 bits per heavy atom. The third-order valence-electron chi connectivity index (χ3n) is 3.36. The normalized spacial score (nSPS) is 10.3. The van der Waals surface area contributed by atoms with Crippen molar-refractivity contribution in [2.45, 2.75) is 20.0 Å². The van der Waals surface area contributed by atoms with Gasteiger partial charge in [-0.15, -0.1) is 0 Å². The summed E-state index contributed by atoms with van der Waals surface area (Å²) < 4.78 is 5.14.